The van der Waals surface area contributed by atoms with Gasteiger partial charge in [-0.05, 0) is 35.4 Å². The third kappa shape index (κ3) is 3.22. The third-order valence-electron chi connectivity index (χ3n) is 2.72. The molecule has 1 N–H and O–H groups in total. The molecular weight excluding hydrogens is 248 g/mol. The van der Waals surface area contributed by atoms with Crippen LogP contribution in [-0.2, 0) is 13.2 Å². The highest BCUT2D eigenvalue weighted by Crippen LogP contribution is 2.16. The molecule has 18 heavy (non-hydrogen) atoms. The number of benzene rings is 1. The molecule has 0 fully saturated rings. The number of hydrogen-bond donors (Lipinski definition) is 1. The molecule has 94 valence electrons. The van der Waals surface area contributed by atoms with E-state index in [2.05, 4.69) is 4.98 Å². The van der Waals surface area contributed by atoms with E-state index >= 15 is 0 Å². The highest BCUT2D eigenvalue weighted by molar-refractivity contribution is 6.30. The van der Waals surface area contributed by atoms with Gasteiger partial charge in [-0.15, -0.1) is 0 Å². The van der Waals surface area contributed by atoms with Gasteiger partial charge >= 0.3 is 0 Å². The van der Waals surface area contributed by atoms with Crippen LogP contribution in [0.25, 0.3) is 0 Å². The number of aliphatic hydroxyl groups is 1. The van der Waals surface area contributed by atoms with Crippen molar-refractivity contribution in [2.75, 3.05) is 11.9 Å². The molecule has 1 aromatic carbocycles. The Morgan fingerprint density at radius 3 is 2.56 bits per heavy atom. The van der Waals surface area contributed by atoms with Crippen LogP contribution in [0.3, 0.4) is 0 Å². The van der Waals surface area contributed by atoms with Crippen LogP contribution in [0.2, 0.25) is 5.02 Å². The molecule has 2 aromatic rings. The van der Waals surface area contributed by atoms with E-state index in [1.165, 1.54) is 0 Å². The molecule has 0 spiro atoms. The van der Waals surface area contributed by atoms with Crippen molar-refractivity contribution in [1.82, 2.24) is 4.98 Å². The molecule has 3 nitrogen and oxygen atoms in total. The first-order valence-corrected chi connectivity index (χ1v) is 6.08. The lowest BCUT2D eigenvalue weighted by atomic mass is 10.2. The van der Waals surface area contributed by atoms with E-state index in [0.717, 1.165) is 28.5 Å². The van der Waals surface area contributed by atoms with Crippen LogP contribution in [0.4, 0.5) is 5.82 Å². The maximum absolute atomic E-state index is 9.10. The SMILES string of the molecule is CN(Cc1ccc(Cl)cc1)c1cc(CO)ccn1. The minimum absolute atomic E-state index is 0.0320. The fourth-order valence-corrected chi connectivity index (χ4v) is 1.84. The van der Waals surface area contributed by atoms with Crippen molar-refractivity contribution >= 4 is 17.4 Å². The van der Waals surface area contributed by atoms with Crippen molar-refractivity contribution < 1.29 is 5.11 Å². The molecule has 0 aliphatic heterocycles. The quantitative estimate of drug-likeness (QED) is 0.921. The molecule has 4 heteroatoms. The van der Waals surface area contributed by atoms with Crippen LogP contribution in [-0.4, -0.2) is 17.1 Å². The molecule has 0 amide bonds. The molecule has 2 rings (SSSR count). The summed E-state index contributed by atoms with van der Waals surface area (Å²) in [6.07, 6.45) is 1.71. The van der Waals surface area contributed by atoms with Crippen molar-refractivity contribution in [3.63, 3.8) is 0 Å². The van der Waals surface area contributed by atoms with Crippen LogP contribution in [0.5, 0.6) is 0 Å². The largest absolute Gasteiger partial charge is 0.392 e. The summed E-state index contributed by atoms with van der Waals surface area (Å²) in [4.78, 5) is 6.32. The molecular formula is C14H15ClN2O. The molecule has 0 aliphatic carbocycles. The summed E-state index contributed by atoms with van der Waals surface area (Å²) in [6.45, 7) is 0.781. The predicted octanol–water partition coefficient (Wildman–Crippen LogP) is 2.86. The maximum Gasteiger partial charge on any atom is 0.128 e. The highest BCUT2D eigenvalue weighted by Gasteiger charge is 2.04. The Labute approximate surface area is 112 Å². The van der Waals surface area contributed by atoms with Crippen LogP contribution in [0.1, 0.15) is 11.1 Å². The fourth-order valence-electron chi connectivity index (χ4n) is 1.71. The van der Waals surface area contributed by atoms with Gasteiger partial charge in [0, 0.05) is 24.8 Å². The number of anilines is 1. The van der Waals surface area contributed by atoms with Crippen molar-refractivity contribution in [3.8, 4) is 0 Å². The lowest BCUT2D eigenvalue weighted by Crippen LogP contribution is -2.17. The van der Waals surface area contributed by atoms with Crippen LogP contribution in [0, 0.1) is 0 Å². The molecule has 1 aromatic heterocycles. The normalized spacial score (nSPS) is 10.4. The van der Waals surface area contributed by atoms with E-state index in [1.807, 2.05) is 42.3 Å². The molecule has 0 unspecified atom stereocenters. The molecule has 1 heterocycles. The average Bonchev–Trinajstić information content (AvgIpc) is 2.41. The van der Waals surface area contributed by atoms with E-state index in [1.54, 1.807) is 12.3 Å². The highest BCUT2D eigenvalue weighted by atomic mass is 35.5. The van der Waals surface area contributed by atoms with Crippen molar-refractivity contribution in [2.24, 2.45) is 0 Å². The monoisotopic (exact) mass is 262 g/mol. The number of aliphatic hydroxyl groups excluding tert-OH is 1. The van der Waals surface area contributed by atoms with Gasteiger partial charge in [0.2, 0.25) is 0 Å². The Hall–Kier alpha value is -1.58. The number of nitrogens with zero attached hydrogens (tertiary/aromatic N) is 2. The summed E-state index contributed by atoms with van der Waals surface area (Å²) in [5.74, 6) is 0.844. The van der Waals surface area contributed by atoms with Gasteiger partial charge in [-0.1, -0.05) is 23.7 Å². The first-order valence-electron chi connectivity index (χ1n) is 5.70. The summed E-state index contributed by atoms with van der Waals surface area (Å²) in [7, 11) is 1.97. The number of halogens is 1. The van der Waals surface area contributed by atoms with Gasteiger partial charge in [0.15, 0.2) is 0 Å². The van der Waals surface area contributed by atoms with Gasteiger partial charge in [-0.25, -0.2) is 4.98 Å². The van der Waals surface area contributed by atoms with Crippen LogP contribution >= 0.6 is 11.6 Å². The Bertz CT molecular complexity index is 513. The van der Waals surface area contributed by atoms with Gasteiger partial charge < -0.3 is 10.0 Å². The minimum atomic E-state index is 0.0320. The van der Waals surface area contributed by atoms with E-state index in [9.17, 15) is 0 Å². The molecule has 0 saturated heterocycles. The Kier molecular flexibility index (Phi) is 4.18. The second-order valence-electron chi connectivity index (χ2n) is 4.16. The summed E-state index contributed by atoms with van der Waals surface area (Å²) in [6, 6.07) is 11.4. The molecule has 0 bridgehead atoms. The molecule has 0 atom stereocenters. The van der Waals surface area contributed by atoms with E-state index in [-0.39, 0.29) is 6.61 Å². The first-order chi connectivity index (χ1) is 8.69. The second kappa shape index (κ2) is 5.85. The fraction of sp³-hybridized carbons (Fsp3) is 0.214. The van der Waals surface area contributed by atoms with Crippen LogP contribution in [0.15, 0.2) is 42.6 Å². The number of pyridine rings is 1. The maximum atomic E-state index is 9.10. The number of hydrogen-bond acceptors (Lipinski definition) is 3. The van der Waals surface area contributed by atoms with Gasteiger partial charge in [0.05, 0.1) is 6.61 Å². The average molecular weight is 263 g/mol. The summed E-state index contributed by atoms with van der Waals surface area (Å²) in [5.41, 5.74) is 2.03. The zero-order valence-electron chi connectivity index (χ0n) is 10.2. The van der Waals surface area contributed by atoms with Gasteiger partial charge in [0.1, 0.15) is 5.82 Å². The molecule has 0 saturated carbocycles. The summed E-state index contributed by atoms with van der Waals surface area (Å²) < 4.78 is 0. The van der Waals surface area contributed by atoms with E-state index < -0.39 is 0 Å². The van der Waals surface area contributed by atoms with Crippen molar-refractivity contribution in [3.05, 3.63) is 58.7 Å². The van der Waals surface area contributed by atoms with E-state index in [0.29, 0.717) is 0 Å². The van der Waals surface area contributed by atoms with E-state index in [4.69, 9.17) is 16.7 Å². The van der Waals surface area contributed by atoms with Gasteiger partial charge in [-0.3, -0.25) is 0 Å². The third-order valence-corrected chi connectivity index (χ3v) is 2.97. The standard InChI is InChI=1S/C14H15ClN2O/c1-17(9-11-2-4-13(15)5-3-11)14-8-12(10-18)6-7-16-14/h2-8,18H,9-10H2,1H3. The zero-order chi connectivity index (χ0) is 13.0. The summed E-state index contributed by atoms with van der Waals surface area (Å²) in [5, 5.41) is 9.84. The van der Waals surface area contributed by atoms with Gasteiger partial charge in [0.25, 0.3) is 0 Å². The van der Waals surface area contributed by atoms with Crippen LogP contribution < -0.4 is 4.90 Å². The summed E-state index contributed by atoms with van der Waals surface area (Å²) >= 11 is 5.85. The Morgan fingerprint density at radius 1 is 1.17 bits per heavy atom. The van der Waals surface area contributed by atoms with Crippen molar-refractivity contribution in [1.29, 1.82) is 0 Å². The topological polar surface area (TPSA) is 36.4 Å². The minimum Gasteiger partial charge on any atom is -0.392 e. The lowest BCUT2D eigenvalue weighted by molar-refractivity contribution is 0.281. The zero-order valence-corrected chi connectivity index (χ0v) is 10.9. The predicted molar refractivity (Wildman–Crippen MR) is 73.7 cm³/mol. The van der Waals surface area contributed by atoms with Crippen molar-refractivity contribution in [2.45, 2.75) is 13.2 Å². The Morgan fingerprint density at radius 2 is 1.89 bits per heavy atom. The second-order valence-corrected chi connectivity index (χ2v) is 4.60. The smallest absolute Gasteiger partial charge is 0.128 e. The van der Waals surface area contributed by atoms with Gasteiger partial charge in [-0.2, -0.15) is 0 Å². The number of rotatable bonds is 4. The molecule has 0 aliphatic rings. The lowest BCUT2D eigenvalue weighted by Gasteiger charge is -2.18. The first kappa shape index (κ1) is 12.9. The number of aromatic nitrogens is 1. The Balaban J connectivity index is 2.11. The molecule has 0 radical (unpaired) electrons.